The maximum Gasteiger partial charge on any atom is 1.00 e. The Balaban J connectivity index is 0. The smallest absolute Gasteiger partial charge is 1.00 e. The molecule has 26 valence electrons. The first-order valence-corrected chi connectivity index (χ1v) is 0. The second kappa shape index (κ2) is 16.9. The molecule has 0 aromatic heterocycles. The molecule has 0 saturated heterocycles. The van der Waals surface area contributed by atoms with E-state index in [1.807, 2.05) is 0 Å². The molecule has 0 aromatic carbocycles. The Hall–Kier alpha value is 2.86. The molecule has 0 amide bonds. The van der Waals surface area contributed by atoms with E-state index in [0.29, 0.717) is 0 Å². The van der Waals surface area contributed by atoms with Gasteiger partial charge in [0.05, 0.1) is 0 Å². The monoisotopic (exact) mass is 164 g/mol. The molecule has 0 spiro atoms. The Morgan fingerprint density at radius 2 is 1.00 bits per heavy atom. The topological polar surface area (TPSA) is 0 Å². The van der Waals surface area contributed by atoms with Crippen LogP contribution in [0.1, 0.15) is 1.43 Å². The minimum atomic E-state index is 0. The summed E-state index contributed by atoms with van der Waals surface area (Å²) in [7, 11) is 0. The quantitative estimate of drug-likeness (QED) is 0.343. The van der Waals surface area contributed by atoms with Crippen LogP contribution < -0.4 is 51.4 Å². The van der Waals surface area contributed by atoms with Crippen LogP contribution in [0.15, 0.2) is 0 Å². The molecule has 0 aliphatic carbocycles. The zero-order chi connectivity index (χ0) is 0. The normalized spacial score (nSPS) is 0. The number of hydrogen-bond donors (Lipinski definition) is 0. The van der Waals surface area contributed by atoms with Gasteiger partial charge in [0.15, 0.2) is 0 Å². The summed E-state index contributed by atoms with van der Waals surface area (Å²) in [4.78, 5) is 0. The molecule has 0 aliphatic rings. The first kappa shape index (κ1) is 28.8. The second-order valence-electron chi connectivity index (χ2n) is 0. The molecule has 0 unspecified atom stereocenters. The first-order chi connectivity index (χ1) is 0. The van der Waals surface area contributed by atoms with Crippen molar-refractivity contribution in [2.24, 2.45) is 0 Å². The van der Waals surface area contributed by atoms with Crippen LogP contribution in [0.2, 0.25) is 0 Å². The zero-order valence-electron chi connectivity index (χ0n) is 3.35. The van der Waals surface area contributed by atoms with Gasteiger partial charge in [-0.3, -0.25) is 0 Å². The maximum absolute atomic E-state index is 0. The Labute approximate surface area is 94.8 Å². The zero-order valence-corrected chi connectivity index (χ0v) is 8.58. The Kier molecular flexibility index (Phi) is 122. The average molecular weight is 164 g/mol. The van der Waals surface area contributed by atoms with Crippen molar-refractivity contribution in [3.63, 3.8) is 0 Å². The van der Waals surface area contributed by atoms with Crippen LogP contribution in [0.3, 0.4) is 0 Å². The van der Waals surface area contributed by atoms with E-state index < -0.39 is 0 Å². The van der Waals surface area contributed by atoms with Crippen molar-refractivity contribution in [3.05, 3.63) is 0 Å². The van der Waals surface area contributed by atoms with Crippen LogP contribution in [0.4, 0.5) is 0 Å². The summed E-state index contributed by atoms with van der Waals surface area (Å²) < 4.78 is 0. The third-order valence-corrected chi connectivity index (χ3v) is 0. The molecule has 0 saturated carbocycles. The average Bonchev–Trinajstić information content (AvgIpc) is 0. The summed E-state index contributed by atoms with van der Waals surface area (Å²) in [5, 5.41) is 0. The molecule has 0 bridgehead atoms. The molecule has 0 rings (SSSR count). The number of hydrogen-bond acceptors (Lipinski definition) is 0. The maximum atomic E-state index is 0. The van der Waals surface area contributed by atoms with Crippen LogP contribution in [0.25, 0.3) is 0 Å². The summed E-state index contributed by atoms with van der Waals surface area (Å²) in [5.74, 6) is 0. The van der Waals surface area contributed by atoms with E-state index in [1.165, 1.54) is 0 Å². The van der Waals surface area contributed by atoms with Crippen LogP contribution in [0.5, 0.6) is 0 Å². The molecule has 0 aromatic rings. The van der Waals surface area contributed by atoms with Gasteiger partial charge < -0.3 is 1.43 Å². The Bertz CT molecular complexity index is 9.61. The van der Waals surface area contributed by atoms with E-state index >= 15 is 0 Å². The van der Waals surface area contributed by atoms with Gasteiger partial charge in [-0.05, 0) is 0 Å². The van der Waals surface area contributed by atoms with Crippen molar-refractivity contribution < 1.29 is 69.9 Å². The second-order valence-corrected chi connectivity index (χ2v) is 0. The van der Waals surface area contributed by atoms with Crippen molar-refractivity contribution in [2.45, 2.75) is 0 Å². The summed E-state index contributed by atoms with van der Waals surface area (Å²) >= 11 is 0. The summed E-state index contributed by atoms with van der Waals surface area (Å²) in [6.45, 7) is 0. The van der Waals surface area contributed by atoms with Gasteiger partial charge in [0.1, 0.15) is 0 Å². The van der Waals surface area contributed by atoms with Crippen molar-refractivity contribution in [1.29, 1.82) is 0 Å². The van der Waals surface area contributed by atoms with E-state index in [-0.39, 0.29) is 96.9 Å². The number of rotatable bonds is 0. The van der Waals surface area contributed by atoms with Gasteiger partial charge >= 0.3 is 51.4 Å². The third kappa shape index (κ3) is 8.85. The van der Waals surface area contributed by atoms with Gasteiger partial charge in [-0.15, -0.1) is 0 Å². The van der Waals surface area contributed by atoms with Gasteiger partial charge in [-0.1, -0.05) is 0 Å². The van der Waals surface area contributed by atoms with Crippen LogP contribution in [-0.2, 0) is 17.1 Å². The van der Waals surface area contributed by atoms with Gasteiger partial charge in [0.25, 0.3) is 0 Å². The molecule has 0 atom stereocenters. The van der Waals surface area contributed by atoms with E-state index in [0.717, 1.165) is 0 Å². The van der Waals surface area contributed by atoms with E-state index in [2.05, 4.69) is 0 Å². The van der Waals surface area contributed by atoms with Crippen LogP contribution in [-0.4, -0.2) is 0 Å². The fraction of sp³-hybridized carbons (Fsp3) is 0. The largest absolute Gasteiger partial charge is 1.00 e. The summed E-state index contributed by atoms with van der Waals surface area (Å²) in [5.41, 5.74) is 0. The van der Waals surface area contributed by atoms with E-state index in [9.17, 15) is 0 Å². The van der Waals surface area contributed by atoms with Gasteiger partial charge in [0, 0.05) is 17.1 Å². The molecular weight excluding hydrogens is 159 g/mol. The van der Waals surface area contributed by atoms with Gasteiger partial charge in [0.2, 0.25) is 0 Å². The molecule has 0 nitrogen and oxygen atoms in total. The van der Waals surface area contributed by atoms with E-state index in [1.54, 1.807) is 0 Å². The molecule has 4 heteroatoms. The Morgan fingerprint density at radius 1 is 1.00 bits per heavy atom. The Morgan fingerprint density at radius 3 is 1.00 bits per heavy atom. The predicted molar refractivity (Wildman–Crippen MR) is 21.9 cm³/mol. The SMILES string of the molecule is S.S.[Fe].[H-].[K+]. The molecule has 0 radical (unpaired) electrons. The minimum absolute atomic E-state index is 0. The van der Waals surface area contributed by atoms with Crippen molar-refractivity contribution >= 4 is 27.0 Å². The van der Waals surface area contributed by atoms with Crippen molar-refractivity contribution in [2.75, 3.05) is 0 Å². The standard InChI is InChI=1S/Fe.K.2H2S.H/h;;2*1H2;/q;+1;;;-1. The fourth-order valence-corrected chi connectivity index (χ4v) is 0. The fourth-order valence-electron chi connectivity index (χ4n) is 0. The first-order valence-electron chi connectivity index (χ1n) is 0. The van der Waals surface area contributed by atoms with Crippen molar-refractivity contribution in [3.8, 4) is 0 Å². The van der Waals surface area contributed by atoms with Gasteiger partial charge in [-0.25, -0.2) is 0 Å². The molecular formula is H5FeKS2. The van der Waals surface area contributed by atoms with Gasteiger partial charge in [-0.2, -0.15) is 27.0 Å². The summed E-state index contributed by atoms with van der Waals surface area (Å²) in [6, 6.07) is 0. The molecule has 0 aliphatic heterocycles. The summed E-state index contributed by atoms with van der Waals surface area (Å²) in [6.07, 6.45) is 0. The molecule has 0 N–H and O–H groups in total. The van der Waals surface area contributed by atoms with Crippen LogP contribution in [0, 0.1) is 0 Å². The minimum Gasteiger partial charge on any atom is -1.00 e. The third-order valence-electron chi connectivity index (χ3n) is 0. The van der Waals surface area contributed by atoms with Crippen molar-refractivity contribution in [1.82, 2.24) is 0 Å². The molecule has 4 heavy (non-hydrogen) atoms. The predicted octanol–water partition coefficient (Wildman–Crippen LogP) is -2.66. The molecule has 0 fully saturated rings. The van der Waals surface area contributed by atoms with Crippen LogP contribution >= 0.6 is 27.0 Å². The van der Waals surface area contributed by atoms with E-state index in [4.69, 9.17) is 0 Å². The molecule has 0 heterocycles.